The van der Waals surface area contributed by atoms with Crippen LogP contribution in [0.3, 0.4) is 0 Å². The van der Waals surface area contributed by atoms with Crippen LogP contribution >= 0.6 is 0 Å². The lowest BCUT2D eigenvalue weighted by Crippen LogP contribution is -2.12. The molecule has 0 aliphatic carbocycles. The molecule has 0 unspecified atom stereocenters. The third kappa shape index (κ3) is 2.39. The number of ether oxygens (including phenoxy) is 1. The van der Waals surface area contributed by atoms with Crippen LogP contribution in [-0.4, -0.2) is 28.8 Å². The van der Waals surface area contributed by atoms with E-state index >= 15 is 0 Å². The summed E-state index contributed by atoms with van der Waals surface area (Å²) >= 11 is 0. The number of benzene rings is 1. The summed E-state index contributed by atoms with van der Waals surface area (Å²) in [6.07, 6.45) is 0. The summed E-state index contributed by atoms with van der Waals surface area (Å²) in [6.45, 7) is 0. The van der Waals surface area contributed by atoms with Crippen LogP contribution in [0.15, 0.2) is 30.3 Å². The molecule has 19 heavy (non-hydrogen) atoms. The lowest BCUT2D eigenvalue weighted by atomic mass is 10.2. The molecule has 0 radical (unpaired) electrons. The highest BCUT2D eigenvalue weighted by Gasteiger charge is 2.12. The fourth-order valence-electron chi connectivity index (χ4n) is 1.61. The molecular weight excluding hydrogens is 248 g/mol. The summed E-state index contributed by atoms with van der Waals surface area (Å²) in [6, 6.07) is 7.88. The maximum atomic E-state index is 11.4. The molecule has 2 aromatic rings. The van der Waals surface area contributed by atoms with E-state index in [1.807, 2.05) is 0 Å². The van der Waals surface area contributed by atoms with E-state index in [-0.39, 0.29) is 11.5 Å². The number of carbonyl (C=O) groups excluding carboxylic acids is 2. The van der Waals surface area contributed by atoms with E-state index in [1.54, 1.807) is 24.3 Å². The minimum absolute atomic E-state index is 0.0565. The molecular formula is C12H12N4O3. The number of hydrogen-bond acceptors (Lipinski definition) is 5. The molecule has 1 amide bonds. The van der Waals surface area contributed by atoms with Crippen molar-refractivity contribution in [1.82, 2.24) is 9.78 Å². The van der Waals surface area contributed by atoms with Gasteiger partial charge in [0.05, 0.1) is 18.4 Å². The number of nitrogens with two attached hydrogens (primary N) is 2. The minimum Gasteiger partial charge on any atom is -0.465 e. The molecule has 2 rings (SSSR count). The van der Waals surface area contributed by atoms with Crippen molar-refractivity contribution in [2.75, 3.05) is 12.8 Å². The van der Waals surface area contributed by atoms with Gasteiger partial charge in [-0.25, -0.2) is 9.48 Å². The first-order chi connectivity index (χ1) is 9.02. The number of amides is 1. The standard InChI is InChI=1S/C12H12N4O3/c1-19-12(18)7-3-2-4-8(5-7)16-10(13)6-9(15-16)11(14)17/h2-6H,13H2,1H3,(H2,14,17). The molecule has 98 valence electrons. The summed E-state index contributed by atoms with van der Waals surface area (Å²) in [5.41, 5.74) is 11.8. The Labute approximate surface area is 108 Å². The van der Waals surface area contributed by atoms with Crippen molar-refractivity contribution in [3.05, 3.63) is 41.6 Å². The van der Waals surface area contributed by atoms with Crippen molar-refractivity contribution in [3.8, 4) is 5.69 Å². The predicted molar refractivity (Wildman–Crippen MR) is 67.8 cm³/mol. The molecule has 0 saturated heterocycles. The SMILES string of the molecule is COC(=O)c1cccc(-n2nc(C(N)=O)cc2N)c1. The summed E-state index contributed by atoms with van der Waals surface area (Å²) in [5.74, 6) is -0.895. The minimum atomic E-state index is -0.672. The van der Waals surface area contributed by atoms with E-state index in [4.69, 9.17) is 11.5 Å². The maximum absolute atomic E-state index is 11.4. The Kier molecular flexibility index (Phi) is 3.19. The predicted octanol–water partition coefficient (Wildman–Crippen LogP) is 0.340. The largest absolute Gasteiger partial charge is 0.465 e. The van der Waals surface area contributed by atoms with Crippen LogP contribution in [0.2, 0.25) is 0 Å². The molecule has 0 aliphatic rings. The van der Waals surface area contributed by atoms with E-state index in [0.29, 0.717) is 11.3 Å². The van der Waals surface area contributed by atoms with Gasteiger partial charge in [-0.3, -0.25) is 4.79 Å². The molecule has 0 aliphatic heterocycles. The molecule has 1 aromatic heterocycles. The van der Waals surface area contributed by atoms with Gasteiger partial charge < -0.3 is 16.2 Å². The van der Waals surface area contributed by atoms with Gasteiger partial charge in [-0.1, -0.05) is 6.07 Å². The Morgan fingerprint density at radius 3 is 2.63 bits per heavy atom. The molecule has 7 nitrogen and oxygen atoms in total. The number of nitrogen functional groups attached to an aromatic ring is 1. The normalized spacial score (nSPS) is 10.2. The topological polar surface area (TPSA) is 113 Å². The van der Waals surface area contributed by atoms with Crippen molar-refractivity contribution in [2.45, 2.75) is 0 Å². The fourth-order valence-corrected chi connectivity index (χ4v) is 1.61. The quantitative estimate of drug-likeness (QED) is 0.772. The monoisotopic (exact) mass is 260 g/mol. The first kappa shape index (κ1) is 12.6. The van der Waals surface area contributed by atoms with E-state index in [0.717, 1.165) is 0 Å². The van der Waals surface area contributed by atoms with Gasteiger partial charge in [0.2, 0.25) is 0 Å². The smallest absolute Gasteiger partial charge is 0.337 e. The maximum Gasteiger partial charge on any atom is 0.337 e. The third-order valence-electron chi connectivity index (χ3n) is 2.50. The molecule has 4 N–H and O–H groups in total. The van der Waals surface area contributed by atoms with Crippen LogP contribution in [0.25, 0.3) is 5.69 Å². The first-order valence-electron chi connectivity index (χ1n) is 5.37. The molecule has 1 heterocycles. The van der Waals surface area contributed by atoms with Crippen molar-refractivity contribution >= 4 is 17.7 Å². The highest BCUT2D eigenvalue weighted by atomic mass is 16.5. The number of aromatic nitrogens is 2. The second kappa shape index (κ2) is 4.81. The van der Waals surface area contributed by atoms with Crippen molar-refractivity contribution in [3.63, 3.8) is 0 Å². The molecule has 0 fully saturated rings. The Balaban J connectivity index is 2.47. The Morgan fingerprint density at radius 2 is 2.05 bits per heavy atom. The Hall–Kier alpha value is -2.83. The number of primary amides is 1. The zero-order valence-electron chi connectivity index (χ0n) is 10.2. The summed E-state index contributed by atoms with van der Waals surface area (Å²) in [5, 5.41) is 3.97. The molecule has 0 atom stereocenters. The van der Waals surface area contributed by atoms with Crippen LogP contribution < -0.4 is 11.5 Å². The second-order valence-electron chi connectivity index (χ2n) is 3.77. The highest BCUT2D eigenvalue weighted by molar-refractivity contribution is 5.92. The van der Waals surface area contributed by atoms with Crippen LogP contribution in [0.4, 0.5) is 5.82 Å². The fraction of sp³-hybridized carbons (Fsp3) is 0.0833. The van der Waals surface area contributed by atoms with Crippen molar-refractivity contribution < 1.29 is 14.3 Å². The van der Waals surface area contributed by atoms with Gasteiger partial charge in [0.15, 0.2) is 5.69 Å². The number of esters is 1. The average Bonchev–Trinajstić information content (AvgIpc) is 2.80. The second-order valence-corrected chi connectivity index (χ2v) is 3.77. The number of nitrogens with zero attached hydrogens (tertiary/aromatic N) is 2. The summed E-state index contributed by atoms with van der Waals surface area (Å²) in [7, 11) is 1.29. The van der Waals surface area contributed by atoms with Gasteiger partial charge in [0, 0.05) is 6.07 Å². The van der Waals surface area contributed by atoms with Crippen molar-refractivity contribution in [1.29, 1.82) is 0 Å². The summed E-state index contributed by atoms with van der Waals surface area (Å²) < 4.78 is 5.95. The average molecular weight is 260 g/mol. The van der Waals surface area contributed by atoms with Gasteiger partial charge in [-0.15, -0.1) is 0 Å². The number of hydrogen-bond donors (Lipinski definition) is 2. The number of methoxy groups -OCH3 is 1. The third-order valence-corrected chi connectivity index (χ3v) is 2.50. The van der Waals surface area contributed by atoms with Gasteiger partial charge in [-0.05, 0) is 18.2 Å². The Bertz CT molecular complexity index is 648. The van der Waals surface area contributed by atoms with Gasteiger partial charge in [-0.2, -0.15) is 5.10 Å². The molecule has 0 spiro atoms. The molecule has 0 saturated carbocycles. The van der Waals surface area contributed by atoms with Crippen LogP contribution in [-0.2, 0) is 4.74 Å². The van der Waals surface area contributed by atoms with Gasteiger partial charge >= 0.3 is 5.97 Å². The number of rotatable bonds is 3. The first-order valence-corrected chi connectivity index (χ1v) is 5.37. The molecule has 0 bridgehead atoms. The van der Waals surface area contributed by atoms with Crippen LogP contribution in [0.1, 0.15) is 20.8 Å². The van der Waals surface area contributed by atoms with Crippen LogP contribution in [0, 0.1) is 0 Å². The Morgan fingerprint density at radius 1 is 1.32 bits per heavy atom. The van der Waals surface area contributed by atoms with Crippen LogP contribution in [0.5, 0.6) is 0 Å². The van der Waals surface area contributed by atoms with E-state index < -0.39 is 11.9 Å². The van der Waals surface area contributed by atoms with Gasteiger partial charge in [0.25, 0.3) is 5.91 Å². The van der Waals surface area contributed by atoms with Crippen molar-refractivity contribution in [2.24, 2.45) is 5.73 Å². The zero-order chi connectivity index (χ0) is 14.0. The van der Waals surface area contributed by atoms with E-state index in [9.17, 15) is 9.59 Å². The lowest BCUT2D eigenvalue weighted by molar-refractivity contribution is 0.0600. The van der Waals surface area contributed by atoms with E-state index in [2.05, 4.69) is 9.84 Å². The highest BCUT2D eigenvalue weighted by Crippen LogP contribution is 2.16. The lowest BCUT2D eigenvalue weighted by Gasteiger charge is -2.05. The molecule has 7 heteroatoms. The van der Waals surface area contributed by atoms with E-state index in [1.165, 1.54) is 17.9 Å². The molecule has 1 aromatic carbocycles. The zero-order valence-corrected chi connectivity index (χ0v) is 10.2. The number of anilines is 1. The summed E-state index contributed by atoms with van der Waals surface area (Å²) in [4.78, 5) is 22.5. The number of carbonyl (C=O) groups is 2. The van der Waals surface area contributed by atoms with Gasteiger partial charge in [0.1, 0.15) is 5.82 Å².